The lowest BCUT2D eigenvalue weighted by Gasteiger charge is -2.12. The molecule has 22 heavy (non-hydrogen) atoms. The van der Waals surface area contributed by atoms with Crippen molar-refractivity contribution < 1.29 is 8.42 Å². The number of fused-ring (bicyclic) bond motifs is 1. The lowest BCUT2D eigenvalue weighted by Crippen LogP contribution is -2.37. The second-order valence-corrected chi connectivity index (χ2v) is 6.89. The van der Waals surface area contributed by atoms with E-state index in [-0.39, 0.29) is 28.5 Å². The Morgan fingerprint density at radius 1 is 1.32 bits per heavy atom. The van der Waals surface area contributed by atoms with Gasteiger partial charge in [-0.25, -0.2) is 22.9 Å². The predicted molar refractivity (Wildman–Crippen MR) is 79.2 cm³/mol. The molecule has 0 saturated carbocycles. The molecule has 3 heterocycles. The second-order valence-electron chi connectivity index (χ2n) is 5.12. The molecule has 118 valence electrons. The molecule has 1 unspecified atom stereocenters. The Morgan fingerprint density at radius 3 is 2.86 bits per heavy atom. The summed E-state index contributed by atoms with van der Waals surface area (Å²) < 4.78 is 27.0. The van der Waals surface area contributed by atoms with Gasteiger partial charge in [0.2, 0.25) is 10.0 Å². The first-order chi connectivity index (χ1) is 10.5. The second kappa shape index (κ2) is 5.63. The van der Waals surface area contributed by atoms with Crippen molar-refractivity contribution in [1.82, 2.24) is 25.0 Å². The van der Waals surface area contributed by atoms with Crippen molar-refractivity contribution in [2.45, 2.75) is 23.8 Å². The molecule has 1 fully saturated rings. The maximum absolute atomic E-state index is 12.2. The molecule has 0 aliphatic carbocycles. The van der Waals surface area contributed by atoms with Crippen molar-refractivity contribution in [2.75, 3.05) is 13.1 Å². The maximum Gasteiger partial charge on any atom is 0.327 e. The largest absolute Gasteiger partial charge is 0.327 e. The number of nitrogens with zero attached hydrogens (tertiary/aromatic N) is 1. The van der Waals surface area contributed by atoms with Gasteiger partial charge in [-0.05, 0) is 25.5 Å². The van der Waals surface area contributed by atoms with Crippen LogP contribution in [0.1, 0.15) is 12.8 Å². The summed E-state index contributed by atoms with van der Waals surface area (Å²) in [5, 5.41) is 3.20. The van der Waals surface area contributed by atoms with E-state index in [4.69, 9.17) is 0 Å². The third-order valence-corrected chi connectivity index (χ3v) is 4.95. The van der Waals surface area contributed by atoms with Gasteiger partial charge >= 0.3 is 5.69 Å². The molecule has 2 aromatic heterocycles. The molecule has 1 saturated heterocycles. The number of rotatable bonds is 4. The van der Waals surface area contributed by atoms with Gasteiger partial charge in [0.25, 0.3) is 5.56 Å². The first-order valence-electron chi connectivity index (χ1n) is 6.81. The number of nitrogens with one attached hydrogen (secondary N) is 4. The molecule has 1 aliphatic rings. The van der Waals surface area contributed by atoms with Gasteiger partial charge in [0.1, 0.15) is 10.5 Å². The quantitative estimate of drug-likeness (QED) is 0.548. The molecular formula is C12H15N5O4S. The minimum atomic E-state index is -3.76. The summed E-state index contributed by atoms with van der Waals surface area (Å²) in [5.41, 5.74) is -1.32. The summed E-state index contributed by atoms with van der Waals surface area (Å²) >= 11 is 0. The molecule has 2 aromatic rings. The highest BCUT2D eigenvalue weighted by Gasteiger charge is 2.20. The van der Waals surface area contributed by atoms with E-state index < -0.39 is 21.3 Å². The number of hydrogen-bond donors (Lipinski definition) is 4. The normalized spacial score (nSPS) is 18.8. The molecule has 0 bridgehead atoms. The SMILES string of the molecule is O=c1[nH]c(=O)c2cc(S(=O)(=O)NCC3CCCN3)cnc2[nH]1. The van der Waals surface area contributed by atoms with Gasteiger partial charge in [-0.15, -0.1) is 0 Å². The molecule has 4 N–H and O–H groups in total. The number of pyridine rings is 1. The summed E-state index contributed by atoms with van der Waals surface area (Å²) in [6, 6.07) is 1.31. The molecular weight excluding hydrogens is 310 g/mol. The van der Waals surface area contributed by atoms with Crippen LogP contribution in [-0.4, -0.2) is 42.5 Å². The fourth-order valence-electron chi connectivity index (χ4n) is 2.40. The Morgan fingerprint density at radius 2 is 2.14 bits per heavy atom. The minimum Gasteiger partial charge on any atom is -0.313 e. The molecule has 0 radical (unpaired) electrons. The predicted octanol–water partition coefficient (Wildman–Crippen LogP) is -1.36. The van der Waals surface area contributed by atoms with Crippen LogP contribution in [0.3, 0.4) is 0 Å². The lowest BCUT2D eigenvalue weighted by molar-refractivity contribution is 0.551. The van der Waals surface area contributed by atoms with Crippen LogP contribution in [0.5, 0.6) is 0 Å². The minimum absolute atomic E-state index is 0.0152. The molecule has 10 heteroatoms. The van der Waals surface area contributed by atoms with Gasteiger partial charge in [-0.1, -0.05) is 0 Å². The third-order valence-electron chi connectivity index (χ3n) is 3.56. The summed E-state index contributed by atoms with van der Waals surface area (Å²) in [5.74, 6) is 0. The first-order valence-corrected chi connectivity index (χ1v) is 8.29. The molecule has 0 aromatic carbocycles. The van der Waals surface area contributed by atoms with Crippen molar-refractivity contribution in [1.29, 1.82) is 0 Å². The molecule has 0 spiro atoms. The Bertz CT molecular complexity index is 911. The Hall–Kier alpha value is -2.04. The lowest BCUT2D eigenvalue weighted by atomic mass is 10.2. The van der Waals surface area contributed by atoms with Crippen molar-refractivity contribution in [2.24, 2.45) is 0 Å². The highest BCUT2D eigenvalue weighted by Crippen LogP contribution is 2.12. The van der Waals surface area contributed by atoms with E-state index in [1.807, 2.05) is 4.98 Å². The average Bonchev–Trinajstić information content (AvgIpc) is 2.98. The molecule has 9 nitrogen and oxygen atoms in total. The Labute approximate surface area is 125 Å². The topological polar surface area (TPSA) is 137 Å². The van der Waals surface area contributed by atoms with E-state index in [1.165, 1.54) is 6.07 Å². The van der Waals surface area contributed by atoms with E-state index in [9.17, 15) is 18.0 Å². The van der Waals surface area contributed by atoms with Gasteiger partial charge < -0.3 is 5.32 Å². The number of aromatic nitrogens is 3. The van der Waals surface area contributed by atoms with Crippen molar-refractivity contribution >= 4 is 21.1 Å². The number of hydrogen-bond acceptors (Lipinski definition) is 6. The first kappa shape index (κ1) is 14.9. The maximum atomic E-state index is 12.2. The fraction of sp³-hybridized carbons (Fsp3) is 0.417. The standard InChI is InChI=1S/C12H15N5O4S/c18-11-9-4-8(6-14-10(9)16-12(19)17-11)22(20,21)15-5-7-2-1-3-13-7/h4,6-7,13,15H,1-3,5H2,(H2,14,16,17,18,19). The van der Waals surface area contributed by atoms with Crippen molar-refractivity contribution in [3.8, 4) is 0 Å². The Kier molecular flexibility index (Phi) is 3.81. The van der Waals surface area contributed by atoms with E-state index in [0.29, 0.717) is 0 Å². The summed E-state index contributed by atoms with van der Waals surface area (Å²) in [7, 11) is -3.76. The van der Waals surface area contributed by atoms with Gasteiger partial charge in [-0.2, -0.15) is 0 Å². The van der Waals surface area contributed by atoms with Gasteiger partial charge in [0.15, 0.2) is 0 Å². The van der Waals surface area contributed by atoms with Crippen LogP contribution in [0.15, 0.2) is 26.7 Å². The zero-order chi connectivity index (χ0) is 15.7. The van der Waals surface area contributed by atoms with Crippen LogP contribution in [-0.2, 0) is 10.0 Å². The van der Waals surface area contributed by atoms with E-state index in [1.54, 1.807) is 0 Å². The van der Waals surface area contributed by atoms with E-state index in [0.717, 1.165) is 25.6 Å². The number of aromatic amines is 2. The van der Waals surface area contributed by atoms with Crippen molar-refractivity contribution in [3.63, 3.8) is 0 Å². The van der Waals surface area contributed by atoms with Crippen LogP contribution in [0.25, 0.3) is 11.0 Å². The molecule has 1 aliphatic heterocycles. The van der Waals surface area contributed by atoms with Crippen molar-refractivity contribution in [3.05, 3.63) is 33.1 Å². The van der Waals surface area contributed by atoms with Gasteiger partial charge in [0.05, 0.1) is 5.39 Å². The average molecular weight is 325 g/mol. The zero-order valence-corrected chi connectivity index (χ0v) is 12.4. The molecule has 3 rings (SSSR count). The number of H-pyrrole nitrogens is 2. The van der Waals surface area contributed by atoms with E-state index in [2.05, 4.69) is 20.0 Å². The summed E-state index contributed by atoms with van der Waals surface area (Å²) in [6.07, 6.45) is 3.05. The van der Waals surface area contributed by atoms with Gasteiger partial charge in [0, 0.05) is 18.8 Å². The smallest absolute Gasteiger partial charge is 0.313 e. The van der Waals surface area contributed by atoms with Crippen LogP contribution in [0, 0.1) is 0 Å². The van der Waals surface area contributed by atoms with E-state index >= 15 is 0 Å². The number of sulfonamides is 1. The highest BCUT2D eigenvalue weighted by atomic mass is 32.2. The van der Waals surface area contributed by atoms with Crippen LogP contribution in [0.4, 0.5) is 0 Å². The van der Waals surface area contributed by atoms with Crippen LogP contribution < -0.4 is 21.3 Å². The van der Waals surface area contributed by atoms with Crippen LogP contribution in [0.2, 0.25) is 0 Å². The summed E-state index contributed by atoms with van der Waals surface area (Å²) in [4.78, 5) is 31.0. The zero-order valence-electron chi connectivity index (χ0n) is 11.5. The monoisotopic (exact) mass is 325 g/mol. The van der Waals surface area contributed by atoms with Gasteiger partial charge in [-0.3, -0.25) is 14.8 Å². The highest BCUT2D eigenvalue weighted by molar-refractivity contribution is 7.89. The Balaban J connectivity index is 1.91. The summed E-state index contributed by atoms with van der Waals surface area (Å²) in [6.45, 7) is 1.16. The van der Waals surface area contributed by atoms with Crippen LogP contribution >= 0.6 is 0 Å². The molecule has 0 amide bonds. The fourth-order valence-corrected chi connectivity index (χ4v) is 3.45. The molecule has 1 atom stereocenters. The third kappa shape index (κ3) is 2.93.